The van der Waals surface area contributed by atoms with E-state index in [1.807, 2.05) is 18.2 Å². The van der Waals surface area contributed by atoms with E-state index < -0.39 is 5.97 Å². The number of hydrogen-bond donors (Lipinski definition) is 1. The van der Waals surface area contributed by atoms with Gasteiger partial charge in [0, 0.05) is 17.2 Å². The average Bonchev–Trinajstić information content (AvgIpc) is 2.60. The Bertz CT molecular complexity index is 432. The van der Waals surface area contributed by atoms with E-state index in [9.17, 15) is 4.79 Å². The van der Waals surface area contributed by atoms with Gasteiger partial charge in [-0.3, -0.25) is 0 Å². The largest absolute Gasteiger partial charge is 0.488 e. The molecule has 1 N–H and O–H groups in total. The molecule has 1 aromatic rings. The molecule has 0 aliphatic carbocycles. The van der Waals surface area contributed by atoms with Crippen molar-refractivity contribution in [3.8, 4) is 5.75 Å². The van der Waals surface area contributed by atoms with Crippen LogP contribution in [0.5, 0.6) is 5.75 Å². The number of rotatable bonds is 2. The molecule has 3 nitrogen and oxygen atoms in total. The van der Waals surface area contributed by atoms with Gasteiger partial charge in [0.25, 0.3) is 0 Å². The first-order valence-corrected chi connectivity index (χ1v) is 4.90. The van der Waals surface area contributed by atoms with Gasteiger partial charge in [-0.25, -0.2) is 4.79 Å². The smallest absolute Gasteiger partial charge is 0.328 e. The summed E-state index contributed by atoms with van der Waals surface area (Å²) in [7, 11) is 0. The Balaban J connectivity index is 2.44. The molecule has 0 atom stereocenters. The van der Waals surface area contributed by atoms with Crippen molar-refractivity contribution in [1.82, 2.24) is 0 Å². The highest BCUT2D eigenvalue weighted by atomic mass is 16.5. The molecule has 1 heterocycles. The second kappa shape index (κ2) is 3.77. The Morgan fingerprint density at radius 2 is 2.40 bits per heavy atom. The molecule has 0 spiro atoms. The summed E-state index contributed by atoms with van der Waals surface area (Å²) in [5.41, 5.74) is 2.85. The van der Waals surface area contributed by atoms with Gasteiger partial charge in [-0.1, -0.05) is 13.0 Å². The van der Waals surface area contributed by atoms with Crippen LogP contribution in [0.15, 0.2) is 24.3 Å². The van der Waals surface area contributed by atoms with Crippen LogP contribution in [-0.4, -0.2) is 17.7 Å². The van der Waals surface area contributed by atoms with Crippen molar-refractivity contribution in [2.45, 2.75) is 13.3 Å². The number of carboxylic acids is 1. The minimum atomic E-state index is -0.927. The monoisotopic (exact) mass is 204 g/mol. The fraction of sp³-hybridized carbons (Fsp3) is 0.250. The van der Waals surface area contributed by atoms with Crippen LogP contribution in [0.2, 0.25) is 0 Å². The van der Waals surface area contributed by atoms with Gasteiger partial charge in [0.2, 0.25) is 0 Å². The third kappa shape index (κ3) is 1.86. The van der Waals surface area contributed by atoms with E-state index in [1.165, 1.54) is 11.6 Å². The van der Waals surface area contributed by atoms with Crippen LogP contribution in [0.25, 0.3) is 5.57 Å². The fourth-order valence-electron chi connectivity index (χ4n) is 1.68. The van der Waals surface area contributed by atoms with Crippen LogP contribution >= 0.6 is 0 Å². The third-order valence-electron chi connectivity index (χ3n) is 2.48. The summed E-state index contributed by atoms with van der Waals surface area (Å²) in [6.45, 7) is 2.42. The summed E-state index contributed by atoms with van der Waals surface area (Å²) in [6, 6.07) is 5.90. The highest BCUT2D eigenvalue weighted by Gasteiger charge is 2.18. The molecule has 1 aliphatic heterocycles. The van der Waals surface area contributed by atoms with Crippen molar-refractivity contribution in [2.75, 3.05) is 6.61 Å². The van der Waals surface area contributed by atoms with Crippen LogP contribution in [0.4, 0.5) is 0 Å². The Labute approximate surface area is 88.0 Å². The number of benzene rings is 1. The number of fused-ring (bicyclic) bond motifs is 1. The Kier molecular flexibility index (Phi) is 2.46. The summed E-state index contributed by atoms with van der Waals surface area (Å²) >= 11 is 0. The summed E-state index contributed by atoms with van der Waals surface area (Å²) in [5, 5.41) is 8.69. The number of hydrogen-bond acceptors (Lipinski definition) is 2. The number of carbonyl (C=O) groups is 1. The highest BCUT2D eigenvalue weighted by molar-refractivity contribution is 5.92. The molecular weight excluding hydrogens is 192 g/mol. The molecule has 78 valence electrons. The minimum absolute atomic E-state index is 0.356. The van der Waals surface area contributed by atoms with Gasteiger partial charge in [0.05, 0.1) is 0 Å². The number of ether oxygens (including phenoxy) is 1. The molecule has 3 heteroatoms. The zero-order valence-electron chi connectivity index (χ0n) is 8.49. The Morgan fingerprint density at radius 1 is 1.60 bits per heavy atom. The number of aryl methyl sites for hydroxylation is 1. The maximum absolute atomic E-state index is 10.6. The lowest BCUT2D eigenvalue weighted by molar-refractivity contribution is -0.131. The van der Waals surface area contributed by atoms with E-state index in [0.717, 1.165) is 23.3 Å². The highest BCUT2D eigenvalue weighted by Crippen LogP contribution is 2.33. The van der Waals surface area contributed by atoms with Crippen LogP contribution in [0.1, 0.15) is 18.1 Å². The average molecular weight is 204 g/mol. The Hall–Kier alpha value is -1.77. The zero-order valence-corrected chi connectivity index (χ0v) is 8.49. The van der Waals surface area contributed by atoms with Gasteiger partial charge in [-0.15, -0.1) is 0 Å². The molecule has 2 rings (SSSR count). The standard InChI is InChI=1S/C12H12O3/c1-2-8-3-4-11-10(5-8)9(7-15-11)6-12(13)14/h3-6H,2,7H2,1H3,(H,13,14). The fourth-order valence-corrected chi connectivity index (χ4v) is 1.68. The lowest BCUT2D eigenvalue weighted by Gasteiger charge is -2.00. The molecule has 0 fully saturated rings. The molecule has 0 saturated carbocycles. The van der Waals surface area contributed by atoms with Gasteiger partial charge in [0.15, 0.2) is 0 Å². The maximum atomic E-state index is 10.6. The van der Waals surface area contributed by atoms with Crippen molar-refractivity contribution in [1.29, 1.82) is 0 Å². The van der Waals surface area contributed by atoms with Crippen molar-refractivity contribution in [2.24, 2.45) is 0 Å². The van der Waals surface area contributed by atoms with E-state index in [0.29, 0.717) is 6.61 Å². The maximum Gasteiger partial charge on any atom is 0.328 e. The topological polar surface area (TPSA) is 46.5 Å². The minimum Gasteiger partial charge on any atom is -0.488 e. The lowest BCUT2D eigenvalue weighted by Crippen LogP contribution is -1.93. The first-order chi connectivity index (χ1) is 7.20. The van der Waals surface area contributed by atoms with Gasteiger partial charge in [-0.2, -0.15) is 0 Å². The van der Waals surface area contributed by atoms with Crippen molar-refractivity contribution < 1.29 is 14.6 Å². The predicted octanol–water partition coefficient (Wildman–Crippen LogP) is 2.11. The Morgan fingerprint density at radius 3 is 3.07 bits per heavy atom. The van der Waals surface area contributed by atoms with E-state index in [-0.39, 0.29) is 0 Å². The lowest BCUT2D eigenvalue weighted by atomic mass is 10.0. The SMILES string of the molecule is CCc1ccc2c(c1)C(=CC(=O)O)CO2. The van der Waals surface area contributed by atoms with Crippen LogP contribution in [0.3, 0.4) is 0 Å². The summed E-state index contributed by atoms with van der Waals surface area (Å²) in [5.74, 6) is -0.150. The van der Waals surface area contributed by atoms with Gasteiger partial charge >= 0.3 is 5.97 Å². The van der Waals surface area contributed by atoms with E-state index in [4.69, 9.17) is 9.84 Å². The van der Waals surface area contributed by atoms with Crippen molar-refractivity contribution in [3.05, 3.63) is 35.4 Å². The predicted molar refractivity (Wildman–Crippen MR) is 56.9 cm³/mol. The first-order valence-electron chi connectivity index (χ1n) is 4.90. The third-order valence-corrected chi connectivity index (χ3v) is 2.48. The van der Waals surface area contributed by atoms with Crippen LogP contribution in [0, 0.1) is 0 Å². The van der Waals surface area contributed by atoms with Crippen LogP contribution < -0.4 is 4.74 Å². The molecule has 1 aromatic carbocycles. The molecule has 0 unspecified atom stereocenters. The van der Waals surface area contributed by atoms with Crippen LogP contribution in [-0.2, 0) is 11.2 Å². The number of carboxylic acid groups (broad SMARTS) is 1. The van der Waals surface area contributed by atoms with E-state index in [2.05, 4.69) is 6.92 Å². The summed E-state index contributed by atoms with van der Waals surface area (Å²) in [6.07, 6.45) is 2.15. The normalized spacial score (nSPS) is 16.2. The molecule has 0 aromatic heterocycles. The van der Waals surface area contributed by atoms with Crippen molar-refractivity contribution >= 4 is 11.5 Å². The molecule has 0 bridgehead atoms. The molecule has 0 saturated heterocycles. The van der Waals surface area contributed by atoms with Gasteiger partial charge in [-0.05, 0) is 24.1 Å². The summed E-state index contributed by atoms with van der Waals surface area (Å²) in [4.78, 5) is 10.6. The van der Waals surface area contributed by atoms with Gasteiger partial charge < -0.3 is 9.84 Å². The summed E-state index contributed by atoms with van der Waals surface area (Å²) < 4.78 is 5.38. The second-order valence-corrected chi connectivity index (χ2v) is 3.48. The zero-order chi connectivity index (χ0) is 10.8. The van der Waals surface area contributed by atoms with Crippen molar-refractivity contribution in [3.63, 3.8) is 0 Å². The molecular formula is C12H12O3. The van der Waals surface area contributed by atoms with E-state index >= 15 is 0 Å². The molecule has 15 heavy (non-hydrogen) atoms. The number of aliphatic carboxylic acids is 1. The first kappa shape index (κ1) is 9.77. The molecule has 0 radical (unpaired) electrons. The second-order valence-electron chi connectivity index (χ2n) is 3.48. The molecule has 0 amide bonds. The quantitative estimate of drug-likeness (QED) is 0.750. The van der Waals surface area contributed by atoms with E-state index in [1.54, 1.807) is 0 Å². The van der Waals surface area contributed by atoms with Gasteiger partial charge in [0.1, 0.15) is 12.4 Å². The molecule has 1 aliphatic rings.